The number of hydrogen-bond donors (Lipinski definition) is 1. The Bertz CT molecular complexity index is 194. The third-order valence-electron chi connectivity index (χ3n) is 3.27. The van der Waals surface area contributed by atoms with Crippen molar-refractivity contribution in [2.45, 2.75) is 44.9 Å². The minimum absolute atomic E-state index is 0.446. The van der Waals surface area contributed by atoms with Crippen LogP contribution in [0, 0.1) is 11.3 Å². The van der Waals surface area contributed by atoms with Gasteiger partial charge in [-0.15, -0.1) is 11.8 Å². The Morgan fingerprint density at radius 2 is 2.08 bits per heavy atom. The molecule has 0 radical (unpaired) electrons. The zero-order chi connectivity index (χ0) is 9.53. The van der Waals surface area contributed by atoms with Gasteiger partial charge in [-0.2, -0.15) is 0 Å². The largest absolute Gasteiger partial charge is 0.302 e. The van der Waals surface area contributed by atoms with Crippen LogP contribution >= 0.6 is 11.8 Å². The molecule has 2 heteroatoms. The molecule has 13 heavy (non-hydrogen) atoms. The maximum Gasteiger partial charge on any atom is 0.0653 e. The average molecular weight is 199 g/mol. The third kappa shape index (κ3) is 2.04. The first-order valence-electron chi connectivity index (χ1n) is 5.40. The van der Waals surface area contributed by atoms with Gasteiger partial charge in [0.15, 0.2) is 0 Å². The van der Waals surface area contributed by atoms with Gasteiger partial charge in [-0.1, -0.05) is 20.8 Å². The fourth-order valence-corrected chi connectivity index (χ4v) is 5.01. The number of thioether (sulfide) groups is 1. The summed E-state index contributed by atoms with van der Waals surface area (Å²) in [5.74, 6) is 2.20. The summed E-state index contributed by atoms with van der Waals surface area (Å²) >= 11 is 2.16. The van der Waals surface area contributed by atoms with Crippen molar-refractivity contribution in [2.24, 2.45) is 11.3 Å². The second-order valence-corrected chi connectivity index (χ2v) is 7.10. The topological polar surface area (TPSA) is 12.0 Å². The van der Waals surface area contributed by atoms with Crippen LogP contribution in [0.25, 0.3) is 0 Å². The lowest BCUT2D eigenvalue weighted by atomic mass is 9.70. The molecule has 1 nitrogen and oxygen atoms in total. The van der Waals surface area contributed by atoms with E-state index in [1.54, 1.807) is 0 Å². The Morgan fingerprint density at radius 1 is 1.31 bits per heavy atom. The molecule has 1 spiro atoms. The van der Waals surface area contributed by atoms with Crippen LogP contribution in [0.5, 0.6) is 0 Å². The second-order valence-electron chi connectivity index (χ2n) is 5.62. The minimum Gasteiger partial charge on any atom is -0.302 e. The van der Waals surface area contributed by atoms with Crippen molar-refractivity contribution < 1.29 is 0 Å². The SMILES string of the molecule is CC1CC(C)(C)CC2(C1)NCCS2. The summed E-state index contributed by atoms with van der Waals surface area (Å²) in [4.78, 5) is 0.446. The van der Waals surface area contributed by atoms with Crippen molar-refractivity contribution in [2.75, 3.05) is 12.3 Å². The molecule has 1 N–H and O–H groups in total. The van der Waals surface area contributed by atoms with E-state index in [1.807, 2.05) is 0 Å². The van der Waals surface area contributed by atoms with Crippen LogP contribution in [-0.2, 0) is 0 Å². The highest BCUT2D eigenvalue weighted by Gasteiger charge is 2.44. The van der Waals surface area contributed by atoms with E-state index in [-0.39, 0.29) is 0 Å². The lowest BCUT2D eigenvalue weighted by Crippen LogP contribution is -2.46. The number of hydrogen-bond acceptors (Lipinski definition) is 2. The van der Waals surface area contributed by atoms with Gasteiger partial charge < -0.3 is 5.32 Å². The standard InChI is InChI=1S/C11H21NS/c1-9-6-10(2,3)8-11(7-9)12-4-5-13-11/h9,12H,4-8H2,1-3H3. The van der Waals surface area contributed by atoms with Gasteiger partial charge in [0, 0.05) is 12.3 Å². The third-order valence-corrected chi connectivity index (χ3v) is 4.69. The Hall–Kier alpha value is 0.310. The molecule has 0 bridgehead atoms. The van der Waals surface area contributed by atoms with E-state index in [0.29, 0.717) is 10.3 Å². The van der Waals surface area contributed by atoms with Gasteiger partial charge in [0.2, 0.25) is 0 Å². The number of rotatable bonds is 0. The van der Waals surface area contributed by atoms with E-state index in [9.17, 15) is 0 Å². The number of nitrogens with one attached hydrogen (secondary N) is 1. The van der Waals surface area contributed by atoms with E-state index in [1.165, 1.54) is 31.6 Å². The maximum absolute atomic E-state index is 3.72. The molecule has 2 atom stereocenters. The molecule has 2 aliphatic rings. The molecule has 0 amide bonds. The van der Waals surface area contributed by atoms with Crippen LogP contribution in [0.1, 0.15) is 40.0 Å². The van der Waals surface area contributed by atoms with Gasteiger partial charge in [0.1, 0.15) is 0 Å². The van der Waals surface area contributed by atoms with E-state index < -0.39 is 0 Å². The van der Waals surface area contributed by atoms with Crippen LogP contribution in [0.3, 0.4) is 0 Å². The maximum atomic E-state index is 3.72. The molecule has 1 aliphatic carbocycles. The summed E-state index contributed by atoms with van der Waals surface area (Å²) in [6, 6.07) is 0. The Labute approximate surface area is 86.0 Å². The highest BCUT2D eigenvalue weighted by atomic mass is 32.2. The molecule has 2 rings (SSSR count). The first-order chi connectivity index (χ1) is 6.02. The molecular weight excluding hydrogens is 178 g/mol. The predicted octanol–water partition coefficient (Wildman–Crippen LogP) is 2.87. The van der Waals surface area contributed by atoms with Gasteiger partial charge >= 0.3 is 0 Å². The highest BCUT2D eigenvalue weighted by molar-refractivity contribution is 8.00. The fraction of sp³-hybridized carbons (Fsp3) is 1.00. The van der Waals surface area contributed by atoms with Crippen molar-refractivity contribution in [3.63, 3.8) is 0 Å². The molecule has 1 aliphatic heterocycles. The zero-order valence-electron chi connectivity index (χ0n) is 9.02. The van der Waals surface area contributed by atoms with Crippen LogP contribution in [0.15, 0.2) is 0 Å². The Morgan fingerprint density at radius 3 is 2.62 bits per heavy atom. The van der Waals surface area contributed by atoms with Crippen molar-refractivity contribution >= 4 is 11.8 Å². The van der Waals surface area contributed by atoms with Crippen molar-refractivity contribution in [1.82, 2.24) is 5.32 Å². The van der Waals surface area contributed by atoms with Crippen LogP contribution in [0.2, 0.25) is 0 Å². The van der Waals surface area contributed by atoms with E-state index in [2.05, 4.69) is 37.8 Å². The average Bonchev–Trinajstić information content (AvgIpc) is 2.31. The van der Waals surface area contributed by atoms with Crippen LogP contribution in [-0.4, -0.2) is 17.2 Å². The predicted molar refractivity (Wildman–Crippen MR) is 60.0 cm³/mol. The van der Waals surface area contributed by atoms with Crippen molar-refractivity contribution in [3.05, 3.63) is 0 Å². The zero-order valence-corrected chi connectivity index (χ0v) is 9.84. The second kappa shape index (κ2) is 3.16. The molecule has 2 fully saturated rings. The molecular formula is C11H21NS. The van der Waals surface area contributed by atoms with E-state index in [0.717, 1.165) is 5.92 Å². The van der Waals surface area contributed by atoms with Gasteiger partial charge in [-0.3, -0.25) is 0 Å². The van der Waals surface area contributed by atoms with Gasteiger partial charge in [0.25, 0.3) is 0 Å². The molecule has 2 unspecified atom stereocenters. The summed E-state index contributed by atoms with van der Waals surface area (Å²) in [5, 5.41) is 3.72. The van der Waals surface area contributed by atoms with E-state index >= 15 is 0 Å². The first kappa shape index (κ1) is 9.85. The lowest BCUT2D eigenvalue weighted by Gasteiger charge is -2.45. The van der Waals surface area contributed by atoms with E-state index in [4.69, 9.17) is 0 Å². The smallest absolute Gasteiger partial charge is 0.0653 e. The molecule has 0 aromatic rings. The fourth-order valence-electron chi connectivity index (χ4n) is 3.32. The summed E-state index contributed by atoms with van der Waals surface area (Å²) in [5.41, 5.74) is 0.544. The van der Waals surface area contributed by atoms with Crippen LogP contribution in [0.4, 0.5) is 0 Å². The summed E-state index contributed by atoms with van der Waals surface area (Å²) in [6.45, 7) is 8.46. The first-order valence-corrected chi connectivity index (χ1v) is 6.39. The molecule has 0 aromatic carbocycles. The van der Waals surface area contributed by atoms with Gasteiger partial charge in [0.05, 0.1) is 4.87 Å². The highest BCUT2D eigenvalue weighted by Crippen LogP contribution is 2.50. The minimum atomic E-state index is 0.446. The van der Waals surface area contributed by atoms with Crippen molar-refractivity contribution in [3.8, 4) is 0 Å². The molecule has 76 valence electrons. The van der Waals surface area contributed by atoms with Gasteiger partial charge in [-0.05, 0) is 30.6 Å². The molecule has 1 saturated heterocycles. The summed E-state index contributed by atoms with van der Waals surface area (Å²) < 4.78 is 0. The van der Waals surface area contributed by atoms with Gasteiger partial charge in [-0.25, -0.2) is 0 Å². The molecule has 1 heterocycles. The Balaban J connectivity index is 2.12. The monoisotopic (exact) mass is 199 g/mol. The lowest BCUT2D eigenvalue weighted by molar-refractivity contribution is 0.140. The molecule has 1 saturated carbocycles. The Kier molecular flexibility index (Phi) is 2.40. The van der Waals surface area contributed by atoms with Crippen LogP contribution < -0.4 is 5.32 Å². The molecule has 0 aromatic heterocycles. The van der Waals surface area contributed by atoms with Crippen molar-refractivity contribution in [1.29, 1.82) is 0 Å². The normalized spacial score (nSPS) is 44.1. The summed E-state index contributed by atoms with van der Waals surface area (Å²) in [7, 11) is 0. The summed E-state index contributed by atoms with van der Waals surface area (Å²) in [6.07, 6.45) is 4.13. The quantitative estimate of drug-likeness (QED) is 0.644.